The molecule has 0 bridgehead atoms. The number of H-pyrrole nitrogens is 1. The van der Waals surface area contributed by atoms with Crippen LogP contribution in [0.5, 0.6) is 0 Å². The predicted octanol–water partition coefficient (Wildman–Crippen LogP) is 2.69. The highest BCUT2D eigenvalue weighted by Crippen LogP contribution is 2.42. The standard InChI is InChI=1S/C16H25N3O2/c1-9-6-12-13(10(2)21-9)17-18-14(12)15(20)19(5)11-7-16(3,4)8-11/h9-11H,6-8H2,1-5H3,(H,17,18)/t9-,10+/m1/s1. The second-order valence-corrected chi connectivity index (χ2v) is 7.40. The lowest BCUT2D eigenvalue weighted by atomic mass is 9.68. The Balaban J connectivity index is 1.80. The van der Waals surface area contributed by atoms with E-state index in [-0.39, 0.29) is 18.1 Å². The van der Waals surface area contributed by atoms with Gasteiger partial charge in [0, 0.05) is 25.1 Å². The Morgan fingerprint density at radius 2 is 2.05 bits per heavy atom. The highest BCUT2D eigenvalue weighted by molar-refractivity contribution is 5.94. The maximum Gasteiger partial charge on any atom is 0.274 e. The van der Waals surface area contributed by atoms with Crippen molar-refractivity contribution in [2.24, 2.45) is 5.41 Å². The average molecular weight is 291 g/mol. The highest BCUT2D eigenvalue weighted by Gasteiger charge is 2.41. The summed E-state index contributed by atoms with van der Waals surface area (Å²) in [5.41, 5.74) is 2.94. The van der Waals surface area contributed by atoms with Crippen molar-refractivity contribution in [3.8, 4) is 0 Å². The number of aromatic amines is 1. The molecule has 1 fully saturated rings. The van der Waals surface area contributed by atoms with Crippen LogP contribution in [0.15, 0.2) is 0 Å². The fourth-order valence-electron chi connectivity index (χ4n) is 3.67. The molecule has 1 aliphatic carbocycles. The van der Waals surface area contributed by atoms with Crippen molar-refractivity contribution in [3.63, 3.8) is 0 Å². The lowest BCUT2D eigenvalue weighted by molar-refractivity contribution is -0.00711. The molecule has 5 heteroatoms. The van der Waals surface area contributed by atoms with E-state index in [1.54, 1.807) is 0 Å². The Bertz CT molecular complexity index is 556. The van der Waals surface area contributed by atoms with E-state index in [1.807, 2.05) is 25.8 Å². The van der Waals surface area contributed by atoms with Crippen LogP contribution in [0.4, 0.5) is 0 Å². The molecule has 1 aromatic rings. The van der Waals surface area contributed by atoms with Crippen molar-refractivity contribution in [2.75, 3.05) is 7.05 Å². The summed E-state index contributed by atoms with van der Waals surface area (Å²) in [7, 11) is 1.90. The summed E-state index contributed by atoms with van der Waals surface area (Å²) >= 11 is 0. The first kappa shape index (κ1) is 14.6. The van der Waals surface area contributed by atoms with Gasteiger partial charge in [0.25, 0.3) is 5.91 Å². The van der Waals surface area contributed by atoms with Crippen molar-refractivity contribution in [1.82, 2.24) is 15.1 Å². The molecule has 116 valence electrons. The number of fused-ring (bicyclic) bond motifs is 1. The molecule has 0 radical (unpaired) electrons. The number of aromatic nitrogens is 2. The van der Waals surface area contributed by atoms with Gasteiger partial charge in [-0.15, -0.1) is 0 Å². The van der Waals surface area contributed by atoms with E-state index in [1.165, 1.54) is 0 Å². The normalized spacial score (nSPS) is 27.9. The fourth-order valence-corrected chi connectivity index (χ4v) is 3.67. The van der Waals surface area contributed by atoms with Gasteiger partial charge in [0.15, 0.2) is 5.69 Å². The lowest BCUT2D eigenvalue weighted by Gasteiger charge is -2.46. The van der Waals surface area contributed by atoms with Crippen molar-refractivity contribution < 1.29 is 9.53 Å². The summed E-state index contributed by atoms with van der Waals surface area (Å²) in [6.07, 6.45) is 2.99. The molecule has 1 aromatic heterocycles. The van der Waals surface area contributed by atoms with Crippen LogP contribution in [0.2, 0.25) is 0 Å². The first-order valence-corrected chi connectivity index (χ1v) is 7.78. The Labute approximate surface area is 126 Å². The first-order chi connectivity index (χ1) is 9.78. The largest absolute Gasteiger partial charge is 0.369 e. The number of ether oxygens (including phenoxy) is 1. The average Bonchev–Trinajstić information content (AvgIpc) is 2.78. The number of carbonyl (C=O) groups is 1. The molecule has 1 N–H and O–H groups in total. The van der Waals surface area contributed by atoms with E-state index in [0.29, 0.717) is 17.2 Å². The van der Waals surface area contributed by atoms with Crippen molar-refractivity contribution >= 4 is 5.91 Å². The number of amides is 1. The minimum atomic E-state index is -0.0225. The van der Waals surface area contributed by atoms with Crippen molar-refractivity contribution in [1.29, 1.82) is 0 Å². The molecule has 3 rings (SSSR count). The summed E-state index contributed by atoms with van der Waals surface area (Å²) in [6, 6.07) is 0.342. The molecular weight excluding hydrogens is 266 g/mol. The van der Waals surface area contributed by atoms with Crippen LogP contribution in [0.25, 0.3) is 0 Å². The van der Waals surface area contributed by atoms with E-state index in [4.69, 9.17) is 4.74 Å². The van der Waals surface area contributed by atoms with Gasteiger partial charge in [-0.05, 0) is 32.1 Å². The monoisotopic (exact) mass is 291 g/mol. The zero-order valence-corrected chi connectivity index (χ0v) is 13.6. The number of rotatable bonds is 2. The number of nitrogens with one attached hydrogen (secondary N) is 1. The minimum absolute atomic E-state index is 0.0225. The Hall–Kier alpha value is -1.36. The van der Waals surface area contributed by atoms with Gasteiger partial charge in [-0.25, -0.2) is 0 Å². The fraction of sp³-hybridized carbons (Fsp3) is 0.750. The molecule has 0 spiro atoms. The SMILES string of the molecule is C[C@@H]1Cc2c(C(=O)N(C)C3CC(C)(C)C3)n[nH]c2[C@H](C)O1. The molecule has 2 aliphatic rings. The smallest absolute Gasteiger partial charge is 0.274 e. The summed E-state index contributed by atoms with van der Waals surface area (Å²) in [4.78, 5) is 14.6. The van der Waals surface area contributed by atoms with E-state index >= 15 is 0 Å². The second kappa shape index (κ2) is 4.83. The van der Waals surface area contributed by atoms with E-state index in [2.05, 4.69) is 24.0 Å². The highest BCUT2D eigenvalue weighted by atomic mass is 16.5. The third kappa shape index (κ3) is 2.48. The van der Waals surface area contributed by atoms with Crippen molar-refractivity contribution in [2.45, 2.75) is 65.2 Å². The number of hydrogen-bond donors (Lipinski definition) is 1. The van der Waals surface area contributed by atoms with Crippen LogP contribution in [-0.2, 0) is 11.2 Å². The maximum absolute atomic E-state index is 12.7. The molecular formula is C16H25N3O2. The van der Waals surface area contributed by atoms with E-state index in [0.717, 1.165) is 30.5 Å². The van der Waals surface area contributed by atoms with Gasteiger partial charge in [-0.2, -0.15) is 5.10 Å². The zero-order valence-electron chi connectivity index (χ0n) is 13.6. The van der Waals surface area contributed by atoms with Crippen molar-refractivity contribution in [3.05, 3.63) is 17.0 Å². The molecule has 0 saturated heterocycles. The molecule has 1 amide bonds. The summed E-state index contributed by atoms with van der Waals surface area (Å²) in [5, 5.41) is 7.29. The summed E-state index contributed by atoms with van der Waals surface area (Å²) in [5.74, 6) is 0.0364. The predicted molar refractivity (Wildman–Crippen MR) is 80.2 cm³/mol. The molecule has 5 nitrogen and oxygen atoms in total. The number of carbonyl (C=O) groups excluding carboxylic acids is 1. The lowest BCUT2D eigenvalue weighted by Crippen LogP contribution is -2.49. The van der Waals surface area contributed by atoms with Crippen LogP contribution in [-0.4, -0.2) is 40.2 Å². The Kier molecular flexibility index (Phi) is 3.35. The van der Waals surface area contributed by atoms with Crippen LogP contribution < -0.4 is 0 Å². The van der Waals surface area contributed by atoms with Crippen LogP contribution >= 0.6 is 0 Å². The molecule has 0 aromatic carbocycles. The summed E-state index contributed by atoms with van der Waals surface area (Å²) < 4.78 is 5.78. The van der Waals surface area contributed by atoms with E-state index < -0.39 is 0 Å². The van der Waals surface area contributed by atoms with Gasteiger partial charge >= 0.3 is 0 Å². The van der Waals surface area contributed by atoms with Gasteiger partial charge in [0.1, 0.15) is 0 Å². The second-order valence-electron chi connectivity index (χ2n) is 7.40. The topological polar surface area (TPSA) is 58.2 Å². The molecule has 2 atom stereocenters. The Morgan fingerprint density at radius 1 is 1.38 bits per heavy atom. The zero-order chi connectivity index (χ0) is 15.4. The minimum Gasteiger partial charge on any atom is -0.369 e. The third-order valence-electron chi connectivity index (χ3n) is 4.88. The van der Waals surface area contributed by atoms with Gasteiger partial charge in [0.2, 0.25) is 0 Å². The number of nitrogens with zero attached hydrogens (tertiary/aromatic N) is 2. The Morgan fingerprint density at radius 3 is 2.67 bits per heavy atom. The first-order valence-electron chi connectivity index (χ1n) is 7.78. The molecule has 1 saturated carbocycles. The van der Waals surface area contributed by atoms with Crippen LogP contribution in [0.1, 0.15) is 68.4 Å². The van der Waals surface area contributed by atoms with Gasteiger partial charge in [-0.1, -0.05) is 13.8 Å². The molecule has 21 heavy (non-hydrogen) atoms. The number of hydrogen-bond acceptors (Lipinski definition) is 3. The molecule has 0 unspecified atom stereocenters. The van der Waals surface area contributed by atoms with Crippen LogP contribution in [0.3, 0.4) is 0 Å². The van der Waals surface area contributed by atoms with Gasteiger partial charge in [0.05, 0.1) is 17.9 Å². The maximum atomic E-state index is 12.7. The molecule has 1 aliphatic heterocycles. The van der Waals surface area contributed by atoms with Crippen LogP contribution in [0, 0.1) is 5.41 Å². The summed E-state index contributed by atoms with van der Waals surface area (Å²) in [6.45, 7) is 8.54. The van der Waals surface area contributed by atoms with E-state index in [9.17, 15) is 4.79 Å². The quantitative estimate of drug-likeness (QED) is 0.911. The molecule has 2 heterocycles. The van der Waals surface area contributed by atoms with Gasteiger partial charge in [-0.3, -0.25) is 9.89 Å². The van der Waals surface area contributed by atoms with Gasteiger partial charge < -0.3 is 9.64 Å². The third-order valence-corrected chi connectivity index (χ3v) is 4.88.